The topological polar surface area (TPSA) is 67.3 Å². The van der Waals surface area contributed by atoms with Gasteiger partial charge in [0.1, 0.15) is 17.3 Å². The van der Waals surface area contributed by atoms with Crippen molar-refractivity contribution in [2.24, 2.45) is 0 Å². The Morgan fingerprint density at radius 2 is 1.69 bits per heavy atom. The number of methoxy groups -OCH3 is 1. The molecule has 6 nitrogen and oxygen atoms in total. The van der Waals surface area contributed by atoms with Gasteiger partial charge in [0.05, 0.1) is 12.8 Å². The summed E-state index contributed by atoms with van der Waals surface area (Å²) in [5.74, 6) is 1.73. The molecule has 1 aromatic heterocycles. The quantitative estimate of drug-likeness (QED) is 0.696. The van der Waals surface area contributed by atoms with E-state index >= 15 is 0 Å². The molecule has 0 radical (unpaired) electrons. The number of nitrogens with one attached hydrogen (secondary N) is 1. The first-order valence-electron chi connectivity index (χ1n) is 9.88. The molecule has 2 aromatic carbocycles. The highest BCUT2D eigenvalue weighted by atomic mass is 16.5. The predicted molar refractivity (Wildman–Crippen MR) is 113 cm³/mol. The smallest absolute Gasteiger partial charge is 0.272 e. The maximum absolute atomic E-state index is 13.1. The molecule has 6 heteroatoms. The molecule has 0 aliphatic carbocycles. The van der Waals surface area contributed by atoms with Crippen LogP contribution in [0, 0.1) is 0 Å². The van der Waals surface area contributed by atoms with E-state index in [-0.39, 0.29) is 5.91 Å². The van der Waals surface area contributed by atoms with E-state index in [0.717, 1.165) is 37.2 Å². The molecule has 1 aliphatic heterocycles. The van der Waals surface area contributed by atoms with Crippen molar-refractivity contribution < 1.29 is 9.53 Å². The van der Waals surface area contributed by atoms with E-state index in [1.54, 1.807) is 13.2 Å². The first kappa shape index (κ1) is 18.9. The first-order chi connectivity index (χ1) is 14.2. The van der Waals surface area contributed by atoms with Crippen LogP contribution < -0.4 is 10.1 Å². The van der Waals surface area contributed by atoms with Crippen molar-refractivity contribution in [2.75, 3.05) is 25.5 Å². The third kappa shape index (κ3) is 4.37. The second-order valence-corrected chi connectivity index (χ2v) is 7.01. The standard InChI is InChI=1S/C23H24N4O2/c1-29-20-13-7-6-12-18(20)24-21-16-19(23(28)27-14-8-3-9-15-27)25-22(26-21)17-10-4-2-5-11-17/h2,4-7,10-13,16H,3,8-9,14-15H2,1H3,(H,24,25,26). The summed E-state index contributed by atoms with van der Waals surface area (Å²) in [5, 5.41) is 3.28. The highest BCUT2D eigenvalue weighted by Gasteiger charge is 2.21. The maximum Gasteiger partial charge on any atom is 0.272 e. The molecule has 0 unspecified atom stereocenters. The highest BCUT2D eigenvalue weighted by molar-refractivity contribution is 5.93. The zero-order valence-electron chi connectivity index (χ0n) is 16.5. The van der Waals surface area contributed by atoms with Crippen molar-refractivity contribution in [3.8, 4) is 17.1 Å². The van der Waals surface area contributed by atoms with Crippen LogP contribution in [-0.4, -0.2) is 41.0 Å². The number of likely N-dealkylation sites (tertiary alicyclic amines) is 1. The van der Waals surface area contributed by atoms with E-state index in [4.69, 9.17) is 4.74 Å². The van der Waals surface area contributed by atoms with Crippen molar-refractivity contribution in [3.05, 3.63) is 66.4 Å². The van der Waals surface area contributed by atoms with Gasteiger partial charge in [-0.15, -0.1) is 0 Å². The average Bonchev–Trinajstić information content (AvgIpc) is 2.80. The number of anilines is 2. The lowest BCUT2D eigenvalue weighted by Gasteiger charge is -2.26. The van der Waals surface area contributed by atoms with Crippen LogP contribution in [0.15, 0.2) is 60.7 Å². The molecule has 4 rings (SSSR count). The minimum Gasteiger partial charge on any atom is -0.495 e. The highest BCUT2D eigenvalue weighted by Crippen LogP contribution is 2.28. The number of amides is 1. The van der Waals surface area contributed by atoms with E-state index in [1.807, 2.05) is 59.5 Å². The van der Waals surface area contributed by atoms with Crippen LogP contribution in [-0.2, 0) is 0 Å². The van der Waals surface area contributed by atoms with Crippen LogP contribution in [0.3, 0.4) is 0 Å². The molecule has 1 N–H and O–H groups in total. The fourth-order valence-corrected chi connectivity index (χ4v) is 3.48. The molecule has 0 bridgehead atoms. The Morgan fingerprint density at radius 3 is 2.45 bits per heavy atom. The van der Waals surface area contributed by atoms with Crippen LogP contribution in [0.5, 0.6) is 5.75 Å². The zero-order valence-corrected chi connectivity index (χ0v) is 16.5. The van der Waals surface area contributed by atoms with Gasteiger partial charge in [-0.3, -0.25) is 4.79 Å². The number of nitrogens with zero attached hydrogens (tertiary/aromatic N) is 3. The van der Waals surface area contributed by atoms with Gasteiger partial charge in [-0.25, -0.2) is 9.97 Å². The van der Waals surface area contributed by atoms with E-state index in [9.17, 15) is 4.79 Å². The molecule has 1 aliphatic rings. The summed E-state index contributed by atoms with van der Waals surface area (Å²) >= 11 is 0. The predicted octanol–water partition coefficient (Wildman–Crippen LogP) is 4.52. The van der Waals surface area contributed by atoms with Crippen LogP contribution >= 0.6 is 0 Å². The van der Waals surface area contributed by atoms with Crippen molar-refractivity contribution in [1.82, 2.24) is 14.9 Å². The SMILES string of the molecule is COc1ccccc1Nc1cc(C(=O)N2CCCCC2)nc(-c2ccccc2)n1. The molecule has 0 saturated carbocycles. The molecule has 3 aromatic rings. The number of rotatable bonds is 5. The number of carbonyl (C=O) groups is 1. The Kier molecular flexibility index (Phi) is 5.70. The van der Waals surface area contributed by atoms with Gasteiger partial charge in [0, 0.05) is 24.7 Å². The number of para-hydroxylation sites is 2. The lowest BCUT2D eigenvalue weighted by atomic mass is 10.1. The third-order valence-electron chi connectivity index (χ3n) is 4.99. The number of hydrogen-bond donors (Lipinski definition) is 1. The summed E-state index contributed by atoms with van der Waals surface area (Å²) in [5.41, 5.74) is 2.05. The van der Waals surface area contributed by atoms with Gasteiger partial charge in [-0.05, 0) is 31.4 Å². The van der Waals surface area contributed by atoms with Crippen LogP contribution in [0.1, 0.15) is 29.8 Å². The minimum absolute atomic E-state index is 0.0487. The summed E-state index contributed by atoms with van der Waals surface area (Å²) in [6.07, 6.45) is 3.24. The number of hydrogen-bond acceptors (Lipinski definition) is 5. The number of ether oxygens (including phenoxy) is 1. The molecule has 29 heavy (non-hydrogen) atoms. The van der Waals surface area contributed by atoms with E-state index in [1.165, 1.54) is 6.42 Å². The lowest BCUT2D eigenvalue weighted by molar-refractivity contribution is 0.0718. The van der Waals surface area contributed by atoms with E-state index in [0.29, 0.717) is 23.1 Å². The Balaban J connectivity index is 1.73. The van der Waals surface area contributed by atoms with E-state index < -0.39 is 0 Å². The van der Waals surface area contributed by atoms with Crippen molar-refractivity contribution in [1.29, 1.82) is 0 Å². The molecule has 0 spiro atoms. The Bertz CT molecular complexity index is 985. The second-order valence-electron chi connectivity index (χ2n) is 7.01. The van der Waals surface area contributed by atoms with Gasteiger partial charge in [-0.1, -0.05) is 42.5 Å². The van der Waals surface area contributed by atoms with E-state index in [2.05, 4.69) is 15.3 Å². The van der Waals surface area contributed by atoms with Gasteiger partial charge < -0.3 is 15.0 Å². The second kappa shape index (κ2) is 8.73. The van der Waals surface area contributed by atoms with Crippen molar-refractivity contribution >= 4 is 17.4 Å². The molecule has 1 amide bonds. The van der Waals surface area contributed by atoms with Crippen LogP contribution in [0.25, 0.3) is 11.4 Å². The molecular formula is C23H24N4O2. The summed E-state index contributed by atoms with van der Waals surface area (Å²) in [6.45, 7) is 1.55. The molecular weight excluding hydrogens is 364 g/mol. The number of aromatic nitrogens is 2. The molecule has 1 fully saturated rings. The third-order valence-corrected chi connectivity index (χ3v) is 4.99. The minimum atomic E-state index is -0.0487. The molecule has 0 atom stereocenters. The maximum atomic E-state index is 13.1. The number of carbonyl (C=O) groups excluding carboxylic acids is 1. The van der Waals surface area contributed by atoms with Crippen LogP contribution in [0.2, 0.25) is 0 Å². The van der Waals surface area contributed by atoms with Gasteiger partial charge in [0.25, 0.3) is 5.91 Å². The van der Waals surface area contributed by atoms with Gasteiger partial charge in [-0.2, -0.15) is 0 Å². The van der Waals surface area contributed by atoms with Crippen LogP contribution in [0.4, 0.5) is 11.5 Å². The fraction of sp³-hybridized carbons (Fsp3) is 0.261. The van der Waals surface area contributed by atoms with Gasteiger partial charge in [0.15, 0.2) is 5.82 Å². The zero-order chi connectivity index (χ0) is 20.1. The van der Waals surface area contributed by atoms with Crippen molar-refractivity contribution in [3.63, 3.8) is 0 Å². The first-order valence-corrected chi connectivity index (χ1v) is 9.88. The Hall–Kier alpha value is -3.41. The lowest BCUT2D eigenvalue weighted by Crippen LogP contribution is -2.36. The largest absolute Gasteiger partial charge is 0.495 e. The van der Waals surface area contributed by atoms with Crippen molar-refractivity contribution in [2.45, 2.75) is 19.3 Å². The molecule has 148 valence electrons. The fourth-order valence-electron chi connectivity index (χ4n) is 3.48. The van der Waals surface area contributed by atoms with Gasteiger partial charge in [0.2, 0.25) is 0 Å². The Morgan fingerprint density at radius 1 is 0.966 bits per heavy atom. The summed E-state index contributed by atoms with van der Waals surface area (Å²) in [6, 6.07) is 19.0. The van der Waals surface area contributed by atoms with Gasteiger partial charge >= 0.3 is 0 Å². The summed E-state index contributed by atoms with van der Waals surface area (Å²) < 4.78 is 5.42. The number of benzene rings is 2. The monoisotopic (exact) mass is 388 g/mol. The Labute approximate surface area is 170 Å². The summed E-state index contributed by atoms with van der Waals surface area (Å²) in [4.78, 5) is 24.2. The summed E-state index contributed by atoms with van der Waals surface area (Å²) in [7, 11) is 1.63. The average molecular weight is 388 g/mol. The number of piperidine rings is 1. The molecule has 1 saturated heterocycles. The molecule has 2 heterocycles. The normalized spacial score (nSPS) is 13.8.